The Hall–Kier alpha value is -0.380. The summed E-state index contributed by atoms with van der Waals surface area (Å²) in [5.74, 6) is 0. The summed E-state index contributed by atoms with van der Waals surface area (Å²) < 4.78 is 18.7. The third-order valence-corrected chi connectivity index (χ3v) is 3.67. The van der Waals surface area contributed by atoms with Crippen molar-refractivity contribution in [1.82, 2.24) is 9.34 Å². The van der Waals surface area contributed by atoms with Gasteiger partial charge in [0, 0.05) is 14.2 Å². The van der Waals surface area contributed by atoms with Crippen molar-refractivity contribution in [3.8, 4) is 0 Å². The number of rotatable bonds is 4. The van der Waals surface area contributed by atoms with Crippen LogP contribution in [0.5, 0.6) is 0 Å². The van der Waals surface area contributed by atoms with Crippen LogP contribution in [0, 0.1) is 0 Å². The van der Waals surface area contributed by atoms with Gasteiger partial charge in [0.25, 0.3) is 0 Å². The Kier molecular flexibility index (Phi) is 3.72. The van der Waals surface area contributed by atoms with Gasteiger partial charge in [0.1, 0.15) is 0 Å². The van der Waals surface area contributed by atoms with Crippen LogP contribution in [0.2, 0.25) is 0 Å². The number of carbonyl (C=O) groups excluding carboxylic acids is 1. The molecule has 1 amide bonds. The first kappa shape index (κ1) is 10.6. The molecule has 0 heterocycles. The lowest BCUT2D eigenvalue weighted by atomic mass is 11.2. The van der Waals surface area contributed by atoms with Crippen LogP contribution >= 0.6 is 7.67 Å². The molecule has 5 nitrogen and oxygen atoms in total. The number of hydrogen-bond donors (Lipinski definition) is 0. The highest BCUT2D eigenvalue weighted by atomic mass is 31.2. The van der Waals surface area contributed by atoms with E-state index >= 15 is 0 Å². The van der Waals surface area contributed by atoms with Crippen LogP contribution in [-0.4, -0.2) is 44.0 Å². The van der Waals surface area contributed by atoms with E-state index in [-0.39, 0.29) is 0 Å². The van der Waals surface area contributed by atoms with Gasteiger partial charge in [-0.05, 0) is 14.1 Å². The van der Waals surface area contributed by atoms with Crippen LogP contribution in [0.3, 0.4) is 0 Å². The van der Waals surface area contributed by atoms with Crippen molar-refractivity contribution in [2.45, 2.75) is 0 Å². The molecule has 0 spiro atoms. The molecule has 0 rings (SSSR count). The van der Waals surface area contributed by atoms with Gasteiger partial charge in [-0.1, -0.05) is 0 Å². The fourth-order valence-corrected chi connectivity index (χ4v) is 1.90. The Morgan fingerprint density at radius 1 is 1.36 bits per heavy atom. The average Bonchev–Trinajstić information content (AvgIpc) is 2.01. The van der Waals surface area contributed by atoms with E-state index in [4.69, 9.17) is 4.52 Å². The van der Waals surface area contributed by atoms with Gasteiger partial charge in [-0.25, -0.2) is 9.24 Å². The van der Waals surface area contributed by atoms with Crippen LogP contribution in [0.15, 0.2) is 0 Å². The van der Waals surface area contributed by atoms with Gasteiger partial charge in [-0.3, -0.25) is 9.46 Å². The summed E-state index contributed by atoms with van der Waals surface area (Å²) in [6, 6.07) is 0. The lowest BCUT2D eigenvalue weighted by Crippen LogP contribution is -2.23. The van der Waals surface area contributed by atoms with E-state index < -0.39 is 7.67 Å². The largest absolute Gasteiger partial charge is 0.372 e. The molecule has 0 radical (unpaired) electrons. The number of carbonyl (C=O) groups is 1. The van der Waals surface area contributed by atoms with E-state index in [0.717, 1.165) is 4.67 Å². The Morgan fingerprint density at radius 2 is 1.82 bits per heavy atom. The molecule has 0 N–H and O–H groups in total. The quantitative estimate of drug-likeness (QED) is 0.464. The third-order valence-electron chi connectivity index (χ3n) is 1.29. The van der Waals surface area contributed by atoms with Gasteiger partial charge in [0.15, 0.2) is 0 Å². The van der Waals surface area contributed by atoms with Gasteiger partial charge in [0.2, 0.25) is 6.41 Å². The average molecular weight is 180 g/mol. The zero-order valence-electron chi connectivity index (χ0n) is 7.14. The zero-order valence-corrected chi connectivity index (χ0v) is 8.04. The first-order valence-electron chi connectivity index (χ1n) is 3.01. The van der Waals surface area contributed by atoms with E-state index in [0.29, 0.717) is 6.41 Å². The Morgan fingerprint density at radius 3 is 1.91 bits per heavy atom. The van der Waals surface area contributed by atoms with Crippen molar-refractivity contribution >= 4 is 14.1 Å². The Balaban J connectivity index is 4.60. The summed E-state index contributed by atoms with van der Waals surface area (Å²) in [6.45, 7) is 0. The van der Waals surface area contributed by atoms with Crippen molar-refractivity contribution in [2.75, 3.05) is 28.3 Å². The molecule has 0 aliphatic rings. The first-order chi connectivity index (χ1) is 4.99. The van der Waals surface area contributed by atoms with Crippen LogP contribution in [0.4, 0.5) is 0 Å². The molecule has 0 saturated carbocycles. The Labute approximate surface area is 66.5 Å². The lowest BCUT2D eigenvalue weighted by molar-refractivity contribution is -0.114. The van der Waals surface area contributed by atoms with Crippen LogP contribution in [0.25, 0.3) is 0 Å². The van der Waals surface area contributed by atoms with Crippen LogP contribution < -0.4 is 0 Å². The van der Waals surface area contributed by atoms with Gasteiger partial charge in [0.05, 0.1) is 0 Å². The predicted octanol–water partition coefficient (Wildman–Crippen LogP) is 0.391. The zero-order chi connectivity index (χ0) is 9.07. The van der Waals surface area contributed by atoms with Crippen molar-refractivity contribution < 1.29 is 13.9 Å². The molecule has 0 saturated heterocycles. The van der Waals surface area contributed by atoms with Crippen LogP contribution in [0.1, 0.15) is 0 Å². The lowest BCUT2D eigenvalue weighted by Gasteiger charge is -2.27. The summed E-state index contributed by atoms with van der Waals surface area (Å²) in [5, 5.41) is 0. The topological polar surface area (TPSA) is 49.9 Å². The van der Waals surface area contributed by atoms with Crippen LogP contribution in [-0.2, 0) is 13.9 Å². The molecular formula is C5H13N2O3P. The normalized spacial score (nSPS) is 16.1. The summed E-state index contributed by atoms with van der Waals surface area (Å²) in [5.41, 5.74) is 0. The third kappa shape index (κ3) is 2.02. The van der Waals surface area contributed by atoms with E-state index in [1.807, 2.05) is 0 Å². The second-order valence-electron chi connectivity index (χ2n) is 2.20. The summed E-state index contributed by atoms with van der Waals surface area (Å²) in [4.78, 5) is 10.3. The Bertz CT molecular complexity index is 183. The molecule has 0 aliphatic carbocycles. The molecule has 0 bridgehead atoms. The summed E-state index contributed by atoms with van der Waals surface area (Å²) >= 11 is 0. The fraction of sp³-hybridized carbons (Fsp3) is 0.800. The predicted molar refractivity (Wildman–Crippen MR) is 42.1 cm³/mol. The van der Waals surface area contributed by atoms with Crippen molar-refractivity contribution in [2.24, 2.45) is 0 Å². The minimum absolute atomic E-state index is 0.476. The highest BCUT2D eigenvalue weighted by Crippen LogP contribution is 2.49. The maximum Gasteiger partial charge on any atom is 0.372 e. The summed E-state index contributed by atoms with van der Waals surface area (Å²) in [7, 11) is 2.83. The number of nitrogens with zero attached hydrogens (tertiary/aromatic N) is 2. The van der Waals surface area contributed by atoms with Gasteiger partial charge < -0.3 is 4.52 Å². The van der Waals surface area contributed by atoms with Crippen molar-refractivity contribution in [3.63, 3.8) is 0 Å². The molecule has 6 heteroatoms. The van der Waals surface area contributed by atoms with Gasteiger partial charge in [-0.15, -0.1) is 0 Å². The second kappa shape index (κ2) is 3.85. The van der Waals surface area contributed by atoms with E-state index in [9.17, 15) is 9.36 Å². The molecule has 0 aromatic carbocycles. The van der Waals surface area contributed by atoms with E-state index in [2.05, 4.69) is 0 Å². The molecule has 0 aromatic heterocycles. The van der Waals surface area contributed by atoms with Gasteiger partial charge >= 0.3 is 7.67 Å². The second-order valence-corrected chi connectivity index (χ2v) is 4.98. The number of hydrogen-bond acceptors (Lipinski definition) is 3. The molecule has 0 aliphatic heterocycles. The molecule has 0 aromatic rings. The SMILES string of the molecule is COP(=O)(N(C)C)N(C)C=O. The molecular weight excluding hydrogens is 167 g/mol. The maximum absolute atomic E-state index is 11.6. The van der Waals surface area contributed by atoms with E-state index in [1.165, 1.54) is 18.8 Å². The van der Waals surface area contributed by atoms with Crippen molar-refractivity contribution in [1.29, 1.82) is 0 Å². The molecule has 1 atom stereocenters. The highest BCUT2D eigenvalue weighted by Gasteiger charge is 2.29. The fourth-order valence-electron chi connectivity index (χ4n) is 0.634. The smallest absolute Gasteiger partial charge is 0.305 e. The molecule has 1 unspecified atom stereocenters. The van der Waals surface area contributed by atoms with Gasteiger partial charge in [-0.2, -0.15) is 0 Å². The minimum Gasteiger partial charge on any atom is -0.305 e. The minimum atomic E-state index is -3.06. The number of amides is 1. The first-order valence-corrected chi connectivity index (χ1v) is 4.54. The molecule has 11 heavy (non-hydrogen) atoms. The monoisotopic (exact) mass is 180 g/mol. The van der Waals surface area contributed by atoms with E-state index in [1.54, 1.807) is 14.1 Å². The molecule has 0 fully saturated rings. The molecule has 66 valence electrons. The summed E-state index contributed by atoms with van der Waals surface area (Å²) in [6.07, 6.45) is 0.476. The maximum atomic E-state index is 11.6. The highest BCUT2D eigenvalue weighted by molar-refractivity contribution is 7.54. The van der Waals surface area contributed by atoms with Crippen molar-refractivity contribution in [3.05, 3.63) is 0 Å². The standard InChI is InChI=1S/C5H13N2O3P/c1-6(2)11(9,10-4)7(3)5-8/h5H,1-4H3.